The fourth-order valence-corrected chi connectivity index (χ4v) is 2.40. The summed E-state index contributed by atoms with van der Waals surface area (Å²) in [5, 5.41) is 6.42. The fraction of sp³-hybridized carbons (Fsp3) is 0.533. The Kier molecular flexibility index (Phi) is 3.69. The summed E-state index contributed by atoms with van der Waals surface area (Å²) in [6.45, 7) is 3.15. The molecule has 2 fully saturated rings. The van der Waals surface area contributed by atoms with Crippen molar-refractivity contribution >= 4 is 11.6 Å². The Morgan fingerprint density at radius 1 is 1.26 bits per heavy atom. The van der Waals surface area contributed by atoms with Crippen LogP contribution >= 0.6 is 0 Å². The molecule has 0 atom stereocenters. The van der Waals surface area contributed by atoms with Gasteiger partial charge in [0.15, 0.2) is 0 Å². The molecule has 4 heteroatoms. The third-order valence-electron chi connectivity index (χ3n) is 3.74. The lowest BCUT2D eigenvalue weighted by atomic mass is 10.2. The van der Waals surface area contributed by atoms with Gasteiger partial charge in [0.2, 0.25) is 5.91 Å². The monoisotopic (exact) mass is 259 g/mol. The van der Waals surface area contributed by atoms with Crippen LogP contribution in [0.15, 0.2) is 24.3 Å². The van der Waals surface area contributed by atoms with Crippen LogP contribution in [0.5, 0.6) is 0 Å². The van der Waals surface area contributed by atoms with Gasteiger partial charge in [0.25, 0.3) is 0 Å². The molecule has 1 amide bonds. The van der Waals surface area contributed by atoms with Gasteiger partial charge in [-0.15, -0.1) is 0 Å². The highest BCUT2D eigenvalue weighted by Crippen LogP contribution is 2.20. The van der Waals surface area contributed by atoms with Gasteiger partial charge in [-0.3, -0.25) is 4.79 Å². The second kappa shape index (κ2) is 5.61. The van der Waals surface area contributed by atoms with E-state index in [0.29, 0.717) is 6.54 Å². The van der Waals surface area contributed by atoms with Gasteiger partial charge in [-0.25, -0.2) is 0 Å². The summed E-state index contributed by atoms with van der Waals surface area (Å²) in [7, 11) is 0. The van der Waals surface area contributed by atoms with E-state index in [9.17, 15) is 4.79 Å². The summed E-state index contributed by atoms with van der Waals surface area (Å²) in [5.41, 5.74) is 2.46. The zero-order valence-corrected chi connectivity index (χ0v) is 11.2. The smallest absolute Gasteiger partial charge is 0.239 e. The molecule has 1 saturated heterocycles. The highest BCUT2D eigenvalue weighted by Gasteiger charge is 2.20. The third kappa shape index (κ3) is 3.47. The van der Waals surface area contributed by atoms with E-state index in [2.05, 4.69) is 39.8 Å². The molecule has 1 aromatic rings. The predicted octanol–water partition coefficient (Wildman–Crippen LogP) is 1.26. The van der Waals surface area contributed by atoms with Gasteiger partial charge in [0, 0.05) is 31.4 Å². The number of hydrogen-bond acceptors (Lipinski definition) is 3. The Morgan fingerprint density at radius 3 is 2.79 bits per heavy atom. The zero-order valence-electron chi connectivity index (χ0n) is 11.2. The first-order valence-electron chi connectivity index (χ1n) is 7.15. The van der Waals surface area contributed by atoms with Gasteiger partial charge in [0.1, 0.15) is 0 Å². The molecule has 1 saturated carbocycles. The molecule has 102 valence electrons. The molecule has 0 unspecified atom stereocenters. The molecule has 1 aromatic carbocycles. The molecular weight excluding hydrogens is 238 g/mol. The number of rotatable bonds is 4. The lowest BCUT2D eigenvalue weighted by Gasteiger charge is -2.21. The lowest BCUT2D eigenvalue weighted by Crippen LogP contribution is -2.32. The van der Waals surface area contributed by atoms with E-state index in [-0.39, 0.29) is 5.91 Å². The van der Waals surface area contributed by atoms with Crippen molar-refractivity contribution in [2.45, 2.75) is 31.8 Å². The molecule has 0 radical (unpaired) electrons. The Labute approximate surface area is 114 Å². The topological polar surface area (TPSA) is 44.4 Å². The van der Waals surface area contributed by atoms with E-state index in [1.807, 2.05) is 0 Å². The van der Waals surface area contributed by atoms with Crippen molar-refractivity contribution in [3.05, 3.63) is 29.8 Å². The fourth-order valence-electron chi connectivity index (χ4n) is 2.40. The molecule has 0 spiro atoms. The number of hydrogen-bond donors (Lipinski definition) is 2. The number of benzene rings is 1. The van der Waals surface area contributed by atoms with Crippen molar-refractivity contribution in [2.75, 3.05) is 24.5 Å². The van der Waals surface area contributed by atoms with E-state index in [1.165, 1.54) is 18.4 Å². The van der Waals surface area contributed by atoms with Crippen molar-refractivity contribution in [3.8, 4) is 0 Å². The molecule has 3 rings (SSSR count). The minimum Gasteiger partial charge on any atom is -0.362 e. The summed E-state index contributed by atoms with van der Waals surface area (Å²) >= 11 is 0. The summed E-state index contributed by atoms with van der Waals surface area (Å²) in [4.78, 5) is 13.7. The van der Waals surface area contributed by atoms with E-state index in [1.54, 1.807) is 0 Å². The second-order valence-corrected chi connectivity index (χ2v) is 5.45. The van der Waals surface area contributed by atoms with Gasteiger partial charge >= 0.3 is 0 Å². The minimum absolute atomic E-state index is 0.122. The Bertz CT molecular complexity index is 439. The van der Waals surface area contributed by atoms with Crippen LogP contribution in [0.25, 0.3) is 0 Å². The summed E-state index contributed by atoms with van der Waals surface area (Å²) < 4.78 is 0. The van der Waals surface area contributed by atoms with Crippen LogP contribution in [0.4, 0.5) is 5.69 Å². The maximum Gasteiger partial charge on any atom is 0.239 e. The minimum atomic E-state index is 0.122. The molecule has 19 heavy (non-hydrogen) atoms. The number of carbonyl (C=O) groups is 1. The summed E-state index contributed by atoms with van der Waals surface area (Å²) in [6, 6.07) is 9.32. The molecule has 1 aliphatic carbocycles. The Morgan fingerprint density at radius 2 is 2.05 bits per heavy atom. The first-order valence-corrected chi connectivity index (χ1v) is 7.15. The van der Waals surface area contributed by atoms with Crippen LogP contribution < -0.4 is 15.5 Å². The van der Waals surface area contributed by atoms with Crippen LogP contribution in [-0.2, 0) is 11.3 Å². The summed E-state index contributed by atoms with van der Waals surface area (Å²) in [5.74, 6) is 0.122. The van der Waals surface area contributed by atoms with Gasteiger partial charge in [-0.1, -0.05) is 12.1 Å². The van der Waals surface area contributed by atoms with Gasteiger partial charge in [0.05, 0.1) is 6.54 Å². The maximum absolute atomic E-state index is 11.6. The first-order chi connectivity index (χ1) is 9.31. The van der Waals surface area contributed by atoms with E-state index < -0.39 is 0 Å². The third-order valence-corrected chi connectivity index (χ3v) is 3.74. The largest absolute Gasteiger partial charge is 0.362 e. The van der Waals surface area contributed by atoms with Gasteiger partial charge in [-0.2, -0.15) is 0 Å². The average Bonchev–Trinajstić information content (AvgIpc) is 3.25. The molecule has 1 heterocycles. The Hall–Kier alpha value is -1.55. The van der Waals surface area contributed by atoms with Crippen molar-refractivity contribution in [1.29, 1.82) is 0 Å². The standard InChI is InChI=1S/C15H21N3O/c19-15-11-18(9-1-8-16-15)14-6-2-12(3-7-14)10-17-13-4-5-13/h2-3,6-7,13,17H,1,4-5,8-11H2,(H,16,19). The summed E-state index contributed by atoms with van der Waals surface area (Å²) in [6.07, 6.45) is 3.65. The molecular formula is C15H21N3O. The zero-order chi connectivity index (χ0) is 13.1. The molecule has 2 N–H and O–H groups in total. The highest BCUT2D eigenvalue weighted by molar-refractivity contribution is 5.81. The van der Waals surface area contributed by atoms with Crippen LogP contribution in [0, 0.1) is 0 Å². The number of nitrogens with one attached hydrogen (secondary N) is 2. The van der Waals surface area contributed by atoms with Crippen molar-refractivity contribution in [1.82, 2.24) is 10.6 Å². The average molecular weight is 259 g/mol. The molecule has 2 aliphatic rings. The van der Waals surface area contributed by atoms with Crippen LogP contribution in [0.1, 0.15) is 24.8 Å². The normalized spacial score (nSPS) is 20.0. The van der Waals surface area contributed by atoms with Crippen LogP contribution in [0.2, 0.25) is 0 Å². The first kappa shape index (κ1) is 12.5. The molecule has 4 nitrogen and oxygen atoms in total. The molecule has 0 aromatic heterocycles. The van der Waals surface area contributed by atoms with Gasteiger partial charge in [-0.05, 0) is 37.0 Å². The number of carbonyl (C=O) groups excluding carboxylic acids is 1. The highest BCUT2D eigenvalue weighted by atomic mass is 16.2. The second-order valence-electron chi connectivity index (χ2n) is 5.45. The van der Waals surface area contributed by atoms with Crippen molar-refractivity contribution < 1.29 is 4.79 Å². The van der Waals surface area contributed by atoms with E-state index in [4.69, 9.17) is 0 Å². The maximum atomic E-state index is 11.6. The van der Waals surface area contributed by atoms with Gasteiger partial charge < -0.3 is 15.5 Å². The predicted molar refractivity (Wildman–Crippen MR) is 76.1 cm³/mol. The van der Waals surface area contributed by atoms with Crippen LogP contribution in [0.3, 0.4) is 0 Å². The van der Waals surface area contributed by atoms with Crippen molar-refractivity contribution in [3.63, 3.8) is 0 Å². The van der Waals surface area contributed by atoms with Crippen LogP contribution in [-0.4, -0.2) is 31.6 Å². The molecule has 0 bridgehead atoms. The molecule has 1 aliphatic heterocycles. The van der Waals surface area contributed by atoms with E-state index >= 15 is 0 Å². The number of anilines is 1. The Balaban J connectivity index is 1.61. The SMILES string of the molecule is O=C1CN(c2ccc(CNC3CC3)cc2)CCCN1. The number of nitrogens with zero attached hydrogens (tertiary/aromatic N) is 1. The number of amides is 1. The van der Waals surface area contributed by atoms with Crippen molar-refractivity contribution in [2.24, 2.45) is 0 Å². The quantitative estimate of drug-likeness (QED) is 0.856. The lowest BCUT2D eigenvalue weighted by molar-refractivity contribution is -0.119. The van der Waals surface area contributed by atoms with E-state index in [0.717, 1.165) is 37.8 Å².